The van der Waals surface area contributed by atoms with Gasteiger partial charge in [0.15, 0.2) is 11.6 Å². The second-order valence-electron chi connectivity index (χ2n) is 4.55. The van der Waals surface area contributed by atoms with E-state index >= 15 is 0 Å². The SMILES string of the molecule is O=c1[nH]c(-c2ccc(O)c(F)c2)nc(C2CC2)c1I. The standard InChI is InChI=1S/C13H10FIN2O2/c14-8-5-7(3-4-9(8)18)12-16-11(6-1-2-6)10(15)13(19)17-12/h3-6,18H,1-2H2,(H,16,17,19). The van der Waals surface area contributed by atoms with Gasteiger partial charge in [0, 0.05) is 11.5 Å². The van der Waals surface area contributed by atoms with Gasteiger partial charge in [0.2, 0.25) is 0 Å². The lowest BCUT2D eigenvalue weighted by atomic mass is 10.2. The van der Waals surface area contributed by atoms with Crippen LogP contribution in [0.4, 0.5) is 4.39 Å². The van der Waals surface area contributed by atoms with Crippen LogP contribution in [0.3, 0.4) is 0 Å². The summed E-state index contributed by atoms with van der Waals surface area (Å²) in [6, 6.07) is 3.94. The zero-order valence-corrected chi connectivity index (χ0v) is 11.9. The summed E-state index contributed by atoms with van der Waals surface area (Å²) in [6.45, 7) is 0. The number of benzene rings is 1. The number of phenolic OH excluding ortho intramolecular Hbond substituents is 1. The molecule has 0 spiro atoms. The van der Waals surface area contributed by atoms with E-state index in [1.165, 1.54) is 12.1 Å². The number of H-pyrrole nitrogens is 1. The van der Waals surface area contributed by atoms with Gasteiger partial charge < -0.3 is 10.1 Å². The zero-order valence-electron chi connectivity index (χ0n) is 9.78. The minimum atomic E-state index is -0.730. The normalized spacial score (nSPS) is 14.6. The summed E-state index contributed by atoms with van der Waals surface area (Å²) in [5, 5.41) is 9.17. The Kier molecular flexibility index (Phi) is 3.04. The van der Waals surface area contributed by atoms with E-state index in [4.69, 9.17) is 0 Å². The summed E-state index contributed by atoms with van der Waals surface area (Å²) in [5.74, 6) is -0.466. The van der Waals surface area contributed by atoms with E-state index in [0.717, 1.165) is 24.6 Å². The highest BCUT2D eigenvalue weighted by atomic mass is 127. The van der Waals surface area contributed by atoms with Gasteiger partial charge in [-0.05, 0) is 53.6 Å². The third kappa shape index (κ3) is 2.36. The number of nitrogens with zero attached hydrogens (tertiary/aromatic N) is 1. The van der Waals surface area contributed by atoms with Crippen molar-refractivity contribution in [1.82, 2.24) is 9.97 Å². The van der Waals surface area contributed by atoms with E-state index in [2.05, 4.69) is 9.97 Å². The molecule has 4 nitrogen and oxygen atoms in total. The Bertz CT molecular complexity index is 710. The molecule has 0 unspecified atom stereocenters. The van der Waals surface area contributed by atoms with Crippen LogP contribution in [0.5, 0.6) is 5.75 Å². The molecule has 2 aromatic rings. The van der Waals surface area contributed by atoms with Gasteiger partial charge >= 0.3 is 0 Å². The summed E-state index contributed by atoms with van der Waals surface area (Å²) in [5.41, 5.74) is 1.03. The molecule has 1 aromatic carbocycles. The third-order valence-electron chi connectivity index (χ3n) is 3.07. The molecule has 6 heteroatoms. The maximum absolute atomic E-state index is 13.3. The fourth-order valence-corrected chi connectivity index (χ4v) is 2.59. The molecule has 1 saturated carbocycles. The number of halogens is 2. The van der Waals surface area contributed by atoms with Crippen molar-refractivity contribution in [3.63, 3.8) is 0 Å². The van der Waals surface area contributed by atoms with Crippen molar-refractivity contribution < 1.29 is 9.50 Å². The summed E-state index contributed by atoms with van der Waals surface area (Å²) in [7, 11) is 0. The fourth-order valence-electron chi connectivity index (χ4n) is 1.89. The van der Waals surface area contributed by atoms with E-state index in [0.29, 0.717) is 20.9 Å². The highest BCUT2D eigenvalue weighted by Crippen LogP contribution is 2.40. The molecule has 1 aromatic heterocycles. The van der Waals surface area contributed by atoms with Gasteiger partial charge in [-0.15, -0.1) is 0 Å². The number of rotatable bonds is 2. The monoisotopic (exact) mass is 372 g/mol. The molecule has 0 radical (unpaired) electrons. The number of aromatic nitrogens is 2. The number of hydrogen-bond acceptors (Lipinski definition) is 3. The smallest absolute Gasteiger partial charge is 0.264 e. The number of hydrogen-bond donors (Lipinski definition) is 2. The molecule has 1 heterocycles. The first-order valence-corrected chi connectivity index (χ1v) is 6.92. The van der Waals surface area contributed by atoms with Gasteiger partial charge in [-0.3, -0.25) is 4.79 Å². The number of aromatic hydroxyl groups is 1. The molecule has 0 amide bonds. The third-order valence-corrected chi connectivity index (χ3v) is 4.12. The molecule has 1 fully saturated rings. The Labute approximate surface area is 121 Å². The Morgan fingerprint density at radius 3 is 2.79 bits per heavy atom. The lowest BCUT2D eigenvalue weighted by Gasteiger charge is -2.06. The van der Waals surface area contributed by atoms with Gasteiger partial charge in [0.1, 0.15) is 5.82 Å². The molecule has 19 heavy (non-hydrogen) atoms. The first kappa shape index (κ1) is 12.6. The van der Waals surface area contributed by atoms with Crippen LogP contribution >= 0.6 is 22.6 Å². The van der Waals surface area contributed by atoms with Crippen LogP contribution in [0.25, 0.3) is 11.4 Å². The van der Waals surface area contributed by atoms with Crippen LogP contribution in [0.1, 0.15) is 24.5 Å². The summed E-state index contributed by atoms with van der Waals surface area (Å²) in [6.07, 6.45) is 2.08. The summed E-state index contributed by atoms with van der Waals surface area (Å²) >= 11 is 1.99. The maximum Gasteiger partial charge on any atom is 0.264 e. The van der Waals surface area contributed by atoms with Gasteiger partial charge in [0.05, 0.1) is 9.26 Å². The average Bonchev–Trinajstić information content (AvgIpc) is 3.20. The van der Waals surface area contributed by atoms with Gasteiger partial charge in [-0.1, -0.05) is 0 Å². The number of aromatic amines is 1. The van der Waals surface area contributed by atoms with Crippen LogP contribution in [-0.2, 0) is 0 Å². The molecule has 3 rings (SSSR count). The molecule has 1 aliphatic rings. The topological polar surface area (TPSA) is 66.0 Å². The van der Waals surface area contributed by atoms with E-state index in [-0.39, 0.29) is 5.56 Å². The molecular formula is C13H10FIN2O2. The van der Waals surface area contributed by atoms with Crippen LogP contribution in [0, 0.1) is 9.39 Å². The summed E-state index contributed by atoms with van der Waals surface area (Å²) < 4.78 is 13.9. The Morgan fingerprint density at radius 1 is 1.42 bits per heavy atom. The largest absolute Gasteiger partial charge is 0.505 e. The minimum absolute atomic E-state index is 0.207. The van der Waals surface area contributed by atoms with Gasteiger partial charge in [0.25, 0.3) is 5.56 Å². The molecule has 0 saturated heterocycles. The molecule has 1 aliphatic carbocycles. The van der Waals surface area contributed by atoms with Crippen molar-refractivity contribution in [2.45, 2.75) is 18.8 Å². The molecular weight excluding hydrogens is 362 g/mol. The van der Waals surface area contributed by atoms with Crippen molar-refractivity contribution in [3.05, 3.63) is 43.6 Å². The molecule has 2 N–H and O–H groups in total. The number of phenols is 1. The lowest BCUT2D eigenvalue weighted by Crippen LogP contribution is -2.16. The predicted molar refractivity (Wildman–Crippen MR) is 76.6 cm³/mol. The van der Waals surface area contributed by atoms with E-state index in [1.54, 1.807) is 0 Å². The molecule has 0 aliphatic heterocycles. The summed E-state index contributed by atoms with van der Waals surface area (Å²) in [4.78, 5) is 18.9. The number of nitrogens with one attached hydrogen (secondary N) is 1. The van der Waals surface area contributed by atoms with Gasteiger partial charge in [-0.2, -0.15) is 0 Å². The van der Waals surface area contributed by atoms with Crippen molar-refractivity contribution >= 4 is 22.6 Å². The van der Waals surface area contributed by atoms with E-state index in [1.807, 2.05) is 22.6 Å². The molecule has 0 atom stereocenters. The van der Waals surface area contributed by atoms with Crippen molar-refractivity contribution in [3.8, 4) is 17.1 Å². The Morgan fingerprint density at radius 2 is 2.16 bits per heavy atom. The van der Waals surface area contributed by atoms with Crippen LogP contribution in [0.2, 0.25) is 0 Å². The zero-order chi connectivity index (χ0) is 13.6. The fraction of sp³-hybridized carbons (Fsp3) is 0.231. The highest BCUT2D eigenvalue weighted by Gasteiger charge is 2.29. The maximum atomic E-state index is 13.3. The van der Waals surface area contributed by atoms with E-state index < -0.39 is 11.6 Å². The highest BCUT2D eigenvalue weighted by molar-refractivity contribution is 14.1. The predicted octanol–water partition coefficient (Wildman–Crippen LogP) is 2.76. The van der Waals surface area contributed by atoms with Crippen molar-refractivity contribution in [2.75, 3.05) is 0 Å². The second-order valence-corrected chi connectivity index (χ2v) is 5.63. The van der Waals surface area contributed by atoms with Gasteiger partial charge in [-0.25, -0.2) is 9.37 Å². The first-order valence-electron chi connectivity index (χ1n) is 5.85. The van der Waals surface area contributed by atoms with Crippen molar-refractivity contribution in [2.24, 2.45) is 0 Å². The van der Waals surface area contributed by atoms with Crippen LogP contribution in [0.15, 0.2) is 23.0 Å². The van der Waals surface area contributed by atoms with Crippen LogP contribution < -0.4 is 5.56 Å². The van der Waals surface area contributed by atoms with E-state index in [9.17, 15) is 14.3 Å². The average molecular weight is 372 g/mol. The second kappa shape index (κ2) is 4.59. The van der Waals surface area contributed by atoms with Crippen molar-refractivity contribution in [1.29, 1.82) is 0 Å². The lowest BCUT2D eigenvalue weighted by molar-refractivity contribution is 0.432. The first-order chi connectivity index (χ1) is 9.06. The minimum Gasteiger partial charge on any atom is -0.505 e. The quantitative estimate of drug-likeness (QED) is 0.797. The molecule has 0 bridgehead atoms. The molecule has 98 valence electrons. The van der Waals surface area contributed by atoms with Crippen LogP contribution in [-0.4, -0.2) is 15.1 Å². The Balaban J connectivity index is 2.14. The Hall–Kier alpha value is -1.44.